The quantitative estimate of drug-likeness (QED) is 0.537. The van der Waals surface area contributed by atoms with Crippen LogP contribution in [-0.4, -0.2) is 0 Å². The van der Waals surface area contributed by atoms with Gasteiger partial charge >= 0.3 is 17.1 Å². The van der Waals surface area contributed by atoms with Gasteiger partial charge in [-0.2, -0.15) is 0 Å². The van der Waals surface area contributed by atoms with Crippen LogP contribution >= 0.6 is 0 Å². The Morgan fingerprint density at radius 2 is 1.00 bits per heavy atom. The Labute approximate surface area is 72.4 Å². The zero-order valence-electron chi connectivity index (χ0n) is 1.74. The van der Waals surface area contributed by atoms with Crippen molar-refractivity contribution in [2.45, 2.75) is 0 Å². The second-order valence-corrected chi connectivity index (χ2v) is 0. The normalized spacial score (nSPS) is 0. The molecule has 43 valence electrons. The molecule has 0 saturated heterocycles. The van der Waals surface area contributed by atoms with Crippen LogP contribution in [0, 0.1) is 0 Å². The first-order valence-corrected chi connectivity index (χ1v) is 0. The molecule has 1 nitrogen and oxygen atoms in total. The monoisotopic (exact) mass is 251 g/mol. The summed E-state index contributed by atoms with van der Waals surface area (Å²) in [6.07, 6.45) is 0. The third-order valence-corrected chi connectivity index (χ3v) is 0. The van der Waals surface area contributed by atoms with E-state index in [9.17, 15) is 0 Å². The molecular weight excluding hydrogens is 252 g/mol. The first kappa shape index (κ1) is 63.0. The Bertz CT molecular complexity index is 11.6. The molecule has 0 aromatic heterocycles. The summed E-state index contributed by atoms with van der Waals surface area (Å²) in [6.45, 7) is 0. The van der Waals surface area contributed by atoms with Gasteiger partial charge in [0, 0.05) is 50.3 Å². The summed E-state index contributed by atoms with van der Waals surface area (Å²) >= 11 is 0. The van der Waals surface area contributed by atoms with Crippen molar-refractivity contribution in [1.29, 1.82) is 0 Å². The summed E-state index contributed by atoms with van der Waals surface area (Å²) in [6, 6.07) is 0. The van der Waals surface area contributed by atoms with Gasteiger partial charge in [0.05, 0.1) is 0 Å². The largest absolute Gasteiger partial charge is 2.00 e. The minimum absolute atomic E-state index is 0. The molecule has 0 bridgehead atoms. The molecule has 3 radical (unpaired) electrons. The van der Waals surface area contributed by atoms with Crippen LogP contribution < -0.4 is 0 Å². The van der Waals surface area contributed by atoms with Crippen LogP contribution in [0.5, 0.6) is 0 Å². The second kappa shape index (κ2) is 37.5. The van der Waals surface area contributed by atoms with E-state index in [1.807, 2.05) is 0 Å². The standard InChI is InChI=1S/Co.Cu.Mn.Ni.O/q;+2;;;-2. The van der Waals surface area contributed by atoms with Gasteiger partial charge in [-0.15, -0.1) is 0 Å². The molecule has 0 N–H and O–H groups in total. The Hall–Kier alpha value is 2.00. The molecule has 0 saturated carbocycles. The summed E-state index contributed by atoms with van der Waals surface area (Å²) in [4.78, 5) is 0. The van der Waals surface area contributed by atoms with Crippen LogP contribution in [0.1, 0.15) is 0 Å². The van der Waals surface area contributed by atoms with Crippen LogP contribution in [0.15, 0.2) is 0 Å². The third kappa shape index (κ3) is 24.0. The van der Waals surface area contributed by atoms with Gasteiger partial charge in [0.25, 0.3) is 0 Å². The van der Waals surface area contributed by atoms with Crippen molar-refractivity contribution in [2.24, 2.45) is 0 Å². The molecule has 0 spiro atoms. The van der Waals surface area contributed by atoms with Crippen molar-refractivity contribution in [2.75, 3.05) is 0 Å². The maximum Gasteiger partial charge on any atom is 2.00 e. The molecular formula is CoCuMnNiO. The smallest absolute Gasteiger partial charge is 2.00 e. The third-order valence-electron chi connectivity index (χ3n) is 0. The Balaban J connectivity index is 0. The predicted octanol–water partition coefficient (Wildman–Crippen LogP) is -0.129. The fourth-order valence-electron chi connectivity index (χ4n) is 0. The molecule has 0 aliphatic rings. The molecule has 0 atom stereocenters. The Morgan fingerprint density at radius 1 is 1.00 bits per heavy atom. The van der Waals surface area contributed by atoms with Gasteiger partial charge in [-0.1, -0.05) is 0 Å². The van der Waals surface area contributed by atoms with Crippen molar-refractivity contribution < 1.29 is 72.9 Å². The van der Waals surface area contributed by atoms with Crippen LogP contribution in [0.2, 0.25) is 0 Å². The fourth-order valence-corrected chi connectivity index (χ4v) is 0. The zero-order chi connectivity index (χ0) is 0. The van der Waals surface area contributed by atoms with Gasteiger partial charge < -0.3 is 5.48 Å². The van der Waals surface area contributed by atoms with Crippen molar-refractivity contribution in [1.82, 2.24) is 0 Å². The van der Waals surface area contributed by atoms with E-state index in [4.69, 9.17) is 0 Å². The van der Waals surface area contributed by atoms with E-state index in [-0.39, 0.29) is 72.9 Å². The molecule has 0 aliphatic carbocycles. The molecule has 0 rings (SSSR count). The summed E-state index contributed by atoms with van der Waals surface area (Å²) < 4.78 is 0. The fraction of sp³-hybridized carbons (Fsp3) is 0. The molecule has 5 heteroatoms. The van der Waals surface area contributed by atoms with E-state index in [1.165, 1.54) is 0 Å². The van der Waals surface area contributed by atoms with Gasteiger partial charge in [0.15, 0.2) is 0 Å². The summed E-state index contributed by atoms with van der Waals surface area (Å²) in [5, 5.41) is 0. The second-order valence-electron chi connectivity index (χ2n) is 0. The van der Waals surface area contributed by atoms with E-state index in [1.54, 1.807) is 0 Å². The van der Waals surface area contributed by atoms with E-state index in [0.717, 1.165) is 0 Å². The summed E-state index contributed by atoms with van der Waals surface area (Å²) in [5.41, 5.74) is 0. The topological polar surface area (TPSA) is 28.5 Å². The van der Waals surface area contributed by atoms with E-state index in [0.29, 0.717) is 0 Å². The number of rotatable bonds is 0. The van der Waals surface area contributed by atoms with E-state index >= 15 is 0 Å². The Kier molecular flexibility index (Phi) is 473. The minimum atomic E-state index is 0. The minimum Gasteiger partial charge on any atom is -2.00 e. The summed E-state index contributed by atoms with van der Waals surface area (Å²) in [7, 11) is 0. The average molecular weight is 252 g/mol. The maximum absolute atomic E-state index is 0. The molecule has 0 unspecified atom stereocenters. The Morgan fingerprint density at radius 3 is 1.00 bits per heavy atom. The zero-order valence-corrected chi connectivity index (χ0v) is 5.89. The van der Waals surface area contributed by atoms with Crippen molar-refractivity contribution >= 4 is 0 Å². The van der Waals surface area contributed by atoms with Crippen molar-refractivity contribution in [3.05, 3.63) is 0 Å². The van der Waals surface area contributed by atoms with Gasteiger partial charge in [0.2, 0.25) is 0 Å². The van der Waals surface area contributed by atoms with Crippen molar-refractivity contribution in [3.63, 3.8) is 0 Å². The van der Waals surface area contributed by atoms with Crippen LogP contribution in [0.3, 0.4) is 0 Å². The molecule has 0 amide bonds. The molecule has 0 fully saturated rings. The summed E-state index contributed by atoms with van der Waals surface area (Å²) in [5.74, 6) is 0. The predicted molar refractivity (Wildman–Crippen MR) is 0.686 cm³/mol. The molecule has 0 aromatic carbocycles. The number of hydrogen-bond acceptors (Lipinski definition) is 0. The molecule has 5 heavy (non-hydrogen) atoms. The average Bonchev–Trinajstić information content (AvgIpc) is 0. The van der Waals surface area contributed by atoms with E-state index < -0.39 is 0 Å². The molecule has 0 heterocycles. The molecule has 0 aliphatic heterocycles. The van der Waals surface area contributed by atoms with Gasteiger partial charge in [-0.05, 0) is 0 Å². The molecule has 0 aromatic rings. The first-order valence-electron chi connectivity index (χ1n) is 0. The van der Waals surface area contributed by atoms with Gasteiger partial charge in [-0.3, -0.25) is 0 Å². The van der Waals surface area contributed by atoms with Crippen LogP contribution in [-0.2, 0) is 72.9 Å². The first-order chi connectivity index (χ1) is 0. The van der Waals surface area contributed by atoms with E-state index in [2.05, 4.69) is 0 Å². The van der Waals surface area contributed by atoms with Crippen LogP contribution in [0.4, 0.5) is 0 Å². The maximum atomic E-state index is 0. The van der Waals surface area contributed by atoms with Gasteiger partial charge in [-0.25, -0.2) is 0 Å². The van der Waals surface area contributed by atoms with Crippen LogP contribution in [0.25, 0.3) is 0 Å². The van der Waals surface area contributed by atoms with Crippen molar-refractivity contribution in [3.8, 4) is 0 Å². The SMILES string of the molecule is [Co].[Cu+2].[Mn].[Ni].[O-2]. The van der Waals surface area contributed by atoms with Gasteiger partial charge in [0.1, 0.15) is 0 Å². The number of hydrogen-bond donors (Lipinski definition) is 0.